The Morgan fingerprint density at radius 1 is 1.28 bits per heavy atom. The van der Waals surface area contributed by atoms with Gasteiger partial charge in [0.15, 0.2) is 0 Å². The Morgan fingerprint density at radius 2 is 1.89 bits per heavy atom. The van der Waals surface area contributed by atoms with Crippen LogP contribution in [0.4, 0.5) is 0 Å². The van der Waals surface area contributed by atoms with Crippen molar-refractivity contribution in [2.24, 2.45) is 0 Å². The van der Waals surface area contributed by atoms with Gasteiger partial charge in [0.1, 0.15) is 0 Å². The highest BCUT2D eigenvalue weighted by Gasteiger charge is 2.31. The number of aliphatic hydroxyl groups is 1. The van der Waals surface area contributed by atoms with Crippen molar-refractivity contribution in [3.8, 4) is 0 Å². The molecule has 1 atom stereocenters. The van der Waals surface area contributed by atoms with Crippen molar-refractivity contribution in [3.63, 3.8) is 0 Å². The van der Waals surface area contributed by atoms with Crippen LogP contribution in [0.1, 0.15) is 45.8 Å². The topological polar surface area (TPSA) is 29.5 Å². The lowest BCUT2D eigenvalue weighted by molar-refractivity contribution is 0.125. The zero-order chi connectivity index (χ0) is 14.0. The van der Waals surface area contributed by atoms with Gasteiger partial charge in [-0.1, -0.05) is 31.2 Å². The quantitative estimate of drug-likeness (QED) is 0.847. The first-order valence-corrected chi connectivity index (χ1v) is 9.55. The van der Waals surface area contributed by atoms with Crippen LogP contribution in [-0.2, 0) is 4.43 Å². The van der Waals surface area contributed by atoms with Crippen molar-refractivity contribution in [3.05, 3.63) is 29.8 Å². The van der Waals surface area contributed by atoms with Gasteiger partial charge in [0.05, 0.1) is 6.10 Å². The molecular weight excluding hydrogens is 240 g/mol. The molecule has 3 heteroatoms. The lowest BCUT2D eigenvalue weighted by atomic mass is 10.1. The normalized spacial score (nSPS) is 14.6. The SMILES string of the molecule is CCC(O)c1cccc([Si](C)(C)OC(C)(C)C)c1. The number of hydrogen-bond donors (Lipinski definition) is 1. The fourth-order valence-corrected chi connectivity index (χ4v) is 4.84. The van der Waals surface area contributed by atoms with Gasteiger partial charge in [0.25, 0.3) is 0 Å². The number of benzene rings is 1. The van der Waals surface area contributed by atoms with Crippen molar-refractivity contribution in [1.29, 1.82) is 0 Å². The summed E-state index contributed by atoms with van der Waals surface area (Å²) in [6, 6.07) is 8.22. The Bertz CT molecular complexity index is 394. The molecule has 1 unspecified atom stereocenters. The Kier molecular flexibility index (Phi) is 4.76. The van der Waals surface area contributed by atoms with E-state index in [0.29, 0.717) is 0 Å². The average Bonchev–Trinajstić information content (AvgIpc) is 2.25. The van der Waals surface area contributed by atoms with E-state index in [4.69, 9.17) is 4.43 Å². The van der Waals surface area contributed by atoms with Crippen LogP contribution in [0.25, 0.3) is 0 Å². The van der Waals surface area contributed by atoms with E-state index in [9.17, 15) is 5.11 Å². The Labute approximate surface area is 112 Å². The fourth-order valence-electron chi connectivity index (χ4n) is 2.18. The van der Waals surface area contributed by atoms with Gasteiger partial charge in [-0.2, -0.15) is 0 Å². The van der Waals surface area contributed by atoms with Gasteiger partial charge in [-0.25, -0.2) is 0 Å². The Morgan fingerprint density at radius 3 is 2.39 bits per heavy atom. The second-order valence-corrected chi connectivity index (χ2v) is 10.1. The minimum atomic E-state index is -1.92. The van der Waals surface area contributed by atoms with Crippen molar-refractivity contribution in [2.45, 2.75) is 58.9 Å². The minimum Gasteiger partial charge on any atom is -0.408 e. The summed E-state index contributed by atoms with van der Waals surface area (Å²) in [5.74, 6) is 0. The molecule has 0 aliphatic heterocycles. The van der Waals surface area contributed by atoms with Crippen LogP contribution in [0.3, 0.4) is 0 Å². The molecule has 2 nitrogen and oxygen atoms in total. The number of hydrogen-bond acceptors (Lipinski definition) is 2. The van der Waals surface area contributed by atoms with Gasteiger partial charge in [-0.3, -0.25) is 0 Å². The molecule has 1 aromatic carbocycles. The van der Waals surface area contributed by atoms with E-state index < -0.39 is 8.32 Å². The molecular formula is C15H26O2Si. The zero-order valence-electron chi connectivity index (χ0n) is 12.4. The third-order valence-electron chi connectivity index (χ3n) is 2.91. The van der Waals surface area contributed by atoms with Crippen molar-refractivity contribution in [2.75, 3.05) is 0 Å². The maximum Gasteiger partial charge on any atom is 0.218 e. The van der Waals surface area contributed by atoms with Gasteiger partial charge < -0.3 is 9.53 Å². The van der Waals surface area contributed by atoms with Crippen LogP contribution in [0.5, 0.6) is 0 Å². The summed E-state index contributed by atoms with van der Waals surface area (Å²) in [5, 5.41) is 11.2. The summed E-state index contributed by atoms with van der Waals surface area (Å²) in [4.78, 5) is 0. The molecule has 102 valence electrons. The predicted octanol–water partition coefficient (Wildman–Crippen LogP) is 3.36. The summed E-state index contributed by atoms with van der Waals surface area (Å²) >= 11 is 0. The van der Waals surface area contributed by atoms with Crippen LogP contribution in [-0.4, -0.2) is 19.0 Å². The smallest absolute Gasteiger partial charge is 0.218 e. The van der Waals surface area contributed by atoms with Crippen LogP contribution >= 0.6 is 0 Å². The monoisotopic (exact) mass is 266 g/mol. The molecule has 1 N–H and O–H groups in total. The predicted molar refractivity (Wildman–Crippen MR) is 79.6 cm³/mol. The highest BCUT2D eigenvalue weighted by Crippen LogP contribution is 2.19. The van der Waals surface area contributed by atoms with Gasteiger partial charge in [0.2, 0.25) is 8.32 Å². The van der Waals surface area contributed by atoms with Gasteiger partial charge in [0, 0.05) is 5.60 Å². The standard InChI is InChI=1S/C15H26O2Si/c1-7-14(16)12-9-8-10-13(11-12)18(5,6)17-15(2,3)4/h8-11,14,16H,7H2,1-6H3. The molecule has 0 heterocycles. The Balaban J connectivity index is 3.02. The maximum absolute atomic E-state index is 9.93. The molecule has 0 bridgehead atoms. The van der Waals surface area contributed by atoms with E-state index in [1.807, 2.05) is 19.1 Å². The van der Waals surface area contributed by atoms with Crippen molar-refractivity contribution < 1.29 is 9.53 Å². The van der Waals surface area contributed by atoms with Gasteiger partial charge >= 0.3 is 0 Å². The maximum atomic E-state index is 9.93. The third kappa shape index (κ3) is 4.23. The molecule has 1 rings (SSSR count). The lowest BCUT2D eigenvalue weighted by Gasteiger charge is -2.33. The van der Waals surface area contributed by atoms with E-state index in [0.717, 1.165) is 12.0 Å². The molecule has 0 aliphatic carbocycles. The van der Waals surface area contributed by atoms with E-state index in [1.54, 1.807) is 0 Å². The molecule has 1 aromatic rings. The molecule has 0 saturated carbocycles. The molecule has 0 saturated heterocycles. The second kappa shape index (κ2) is 5.55. The molecule has 0 fully saturated rings. The van der Waals surface area contributed by atoms with E-state index in [1.165, 1.54) is 5.19 Å². The first kappa shape index (κ1) is 15.4. The molecule has 0 spiro atoms. The van der Waals surface area contributed by atoms with Crippen LogP contribution < -0.4 is 5.19 Å². The number of rotatable bonds is 4. The lowest BCUT2D eigenvalue weighted by Crippen LogP contribution is -2.49. The first-order valence-electron chi connectivity index (χ1n) is 6.64. The molecule has 0 aliphatic rings. The van der Waals surface area contributed by atoms with Crippen LogP contribution in [0, 0.1) is 0 Å². The average molecular weight is 266 g/mol. The highest BCUT2D eigenvalue weighted by atomic mass is 28.4. The third-order valence-corrected chi connectivity index (χ3v) is 5.74. The summed E-state index contributed by atoms with van der Waals surface area (Å²) in [6.07, 6.45) is 0.371. The summed E-state index contributed by atoms with van der Waals surface area (Å²) < 4.78 is 6.24. The van der Waals surface area contributed by atoms with E-state index >= 15 is 0 Å². The van der Waals surface area contributed by atoms with E-state index in [2.05, 4.69) is 46.0 Å². The molecule has 18 heavy (non-hydrogen) atoms. The van der Waals surface area contributed by atoms with Gasteiger partial charge in [-0.05, 0) is 51.0 Å². The molecule has 0 radical (unpaired) electrons. The van der Waals surface area contributed by atoms with Crippen LogP contribution in [0.15, 0.2) is 24.3 Å². The molecule has 0 amide bonds. The summed E-state index contributed by atoms with van der Waals surface area (Å²) in [6.45, 7) is 12.7. The molecule has 0 aromatic heterocycles. The van der Waals surface area contributed by atoms with Crippen LogP contribution in [0.2, 0.25) is 13.1 Å². The number of aliphatic hydroxyl groups excluding tert-OH is 1. The van der Waals surface area contributed by atoms with Crippen molar-refractivity contribution in [1.82, 2.24) is 0 Å². The largest absolute Gasteiger partial charge is 0.408 e. The van der Waals surface area contributed by atoms with Crippen molar-refractivity contribution >= 4 is 13.5 Å². The fraction of sp³-hybridized carbons (Fsp3) is 0.600. The van der Waals surface area contributed by atoms with Gasteiger partial charge in [-0.15, -0.1) is 0 Å². The van der Waals surface area contributed by atoms with E-state index in [-0.39, 0.29) is 11.7 Å². The summed E-state index contributed by atoms with van der Waals surface area (Å²) in [7, 11) is -1.92. The minimum absolute atomic E-state index is 0.130. The Hall–Kier alpha value is -0.643. The summed E-state index contributed by atoms with van der Waals surface area (Å²) in [5.41, 5.74) is 0.864. The zero-order valence-corrected chi connectivity index (χ0v) is 13.4. The second-order valence-electron chi connectivity index (χ2n) is 6.27. The highest BCUT2D eigenvalue weighted by molar-refractivity contribution is 6.84. The first-order chi connectivity index (χ1) is 8.15.